The number of aromatic nitrogens is 1. The van der Waals surface area contributed by atoms with Gasteiger partial charge in [0.25, 0.3) is 5.91 Å². The Labute approximate surface area is 142 Å². The maximum absolute atomic E-state index is 11.8. The van der Waals surface area contributed by atoms with Crippen molar-refractivity contribution < 1.29 is 19.1 Å². The van der Waals surface area contributed by atoms with Crippen LogP contribution < -0.4 is 10.1 Å². The van der Waals surface area contributed by atoms with E-state index in [1.54, 1.807) is 12.1 Å². The normalized spacial score (nSPS) is 10.0. The molecule has 23 heavy (non-hydrogen) atoms. The van der Waals surface area contributed by atoms with Crippen molar-refractivity contribution in [2.75, 3.05) is 19.0 Å². The third kappa shape index (κ3) is 4.58. The fourth-order valence-corrected chi connectivity index (χ4v) is 2.07. The fourth-order valence-electron chi connectivity index (χ4n) is 1.67. The minimum absolute atomic E-state index is 0.182. The molecule has 1 aromatic carbocycles. The summed E-state index contributed by atoms with van der Waals surface area (Å²) in [5.74, 6) is -0.665. The molecule has 120 valence electrons. The number of benzene rings is 1. The third-order valence-corrected chi connectivity index (χ3v) is 3.34. The Morgan fingerprint density at radius 3 is 2.70 bits per heavy atom. The largest absolute Gasteiger partial charge is 0.482 e. The zero-order valence-electron chi connectivity index (χ0n) is 12.0. The highest BCUT2D eigenvalue weighted by Crippen LogP contribution is 2.26. The van der Waals surface area contributed by atoms with Gasteiger partial charge in [-0.1, -0.05) is 23.2 Å². The van der Waals surface area contributed by atoms with Crippen molar-refractivity contribution in [3.63, 3.8) is 0 Å². The van der Waals surface area contributed by atoms with E-state index >= 15 is 0 Å². The molecule has 0 radical (unpaired) electrons. The second-order valence-corrected chi connectivity index (χ2v) is 5.08. The van der Waals surface area contributed by atoms with E-state index in [9.17, 15) is 9.59 Å². The van der Waals surface area contributed by atoms with E-state index in [1.165, 1.54) is 31.5 Å². The predicted molar refractivity (Wildman–Crippen MR) is 86.2 cm³/mol. The van der Waals surface area contributed by atoms with E-state index in [4.69, 9.17) is 27.9 Å². The number of carbonyl (C=O) groups excluding carboxylic acids is 2. The van der Waals surface area contributed by atoms with Gasteiger partial charge in [0.05, 0.1) is 23.4 Å². The number of amides is 1. The first-order chi connectivity index (χ1) is 11.0. The highest BCUT2D eigenvalue weighted by Gasteiger charge is 2.11. The lowest BCUT2D eigenvalue weighted by atomic mass is 10.2. The zero-order chi connectivity index (χ0) is 16.8. The van der Waals surface area contributed by atoms with Crippen LogP contribution >= 0.6 is 23.2 Å². The Balaban J connectivity index is 1.97. The van der Waals surface area contributed by atoms with Crippen LogP contribution in [0.3, 0.4) is 0 Å². The molecule has 1 aromatic heterocycles. The van der Waals surface area contributed by atoms with E-state index < -0.39 is 11.9 Å². The van der Waals surface area contributed by atoms with Crippen molar-refractivity contribution in [3.8, 4) is 5.75 Å². The first kappa shape index (κ1) is 17.1. The van der Waals surface area contributed by atoms with Crippen LogP contribution in [0.15, 0.2) is 36.5 Å². The number of rotatable bonds is 5. The molecule has 0 saturated heterocycles. The van der Waals surface area contributed by atoms with Gasteiger partial charge in [-0.05, 0) is 30.3 Å². The molecule has 0 unspecified atom stereocenters. The van der Waals surface area contributed by atoms with Crippen LogP contribution in [0.5, 0.6) is 5.75 Å². The summed E-state index contributed by atoms with van der Waals surface area (Å²) in [5, 5.41) is 2.94. The maximum Gasteiger partial charge on any atom is 0.337 e. The number of hydrogen-bond donors (Lipinski definition) is 1. The number of esters is 1. The molecule has 8 heteroatoms. The topological polar surface area (TPSA) is 77.5 Å². The van der Waals surface area contributed by atoms with Crippen molar-refractivity contribution >= 4 is 40.8 Å². The number of halogens is 2. The summed E-state index contributed by atoms with van der Waals surface area (Å²) in [6.07, 6.45) is 1.51. The zero-order valence-corrected chi connectivity index (χ0v) is 13.5. The molecule has 0 bridgehead atoms. The average Bonchev–Trinajstić information content (AvgIpc) is 2.55. The van der Waals surface area contributed by atoms with E-state index in [-0.39, 0.29) is 28.1 Å². The number of carbonyl (C=O) groups is 2. The number of ether oxygens (including phenoxy) is 2. The Hall–Kier alpha value is -2.31. The summed E-state index contributed by atoms with van der Waals surface area (Å²) in [6, 6.07) is 7.64. The average molecular weight is 355 g/mol. The second-order valence-electron chi connectivity index (χ2n) is 4.32. The summed E-state index contributed by atoms with van der Waals surface area (Å²) in [5.41, 5.74) is 0.673. The van der Waals surface area contributed by atoms with Crippen LogP contribution in [0.4, 0.5) is 5.69 Å². The van der Waals surface area contributed by atoms with Gasteiger partial charge in [0, 0.05) is 6.20 Å². The van der Waals surface area contributed by atoms with Crippen molar-refractivity contribution in [1.29, 1.82) is 0 Å². The molecule has 1 N–H and O–H groups in total. The lowest BCUT2D eigenvalue weighted by molar-refractivity contribution is -0.118. The Kier molecular flexibility index (Phi) is 5.78. The van der Waals surface area contributed by atoms with Gasteiger partial charge in [0.1, 0.15) is 5.75 Å². The molecule has 6 nitrogen and oxygen atoms in total. The van der Waals surface area contributed by atoms with E-state index in [2.05, 4.69) is 15.0 Å². The van der Waals surface area contributed by atoms with Crippen LogP contribution in [-0.2, 0) is 9.53 Å². The number of hydrogen-bond acceptors (Lipinski definition) is 5. The lowest BCUT2D eigenvalue weighted by Crippen LogP contribution is -2.20. The Morgan fingerprint density at radius 1 is 1.26 bits per heavy atom. The summed E-state index contributed by atoms with van der Waals surface area (Å²) >= 11 is 11.8. The van der Waals surface area contributed by atoms with Crippen LogP contribution in [0.25, 0.3) is 0 Å². The first-order valence-corrected chi connectivity index (χ1v) is 7.18. The van der Waals surface area contributed by atoms with Gasteiger partial charge in [0.15, 0.2) is 11.8 Å². The molecule has 0 fully saturated rings. The molecule has 0 atom stereocenters. The predicted octanol–water partition coefficient (Wildman–Crippen LogP) is 3.19. The highest BCUT2D eigenvalue weighted by molar-refractivity contribution is 6.32. The molecule has 0 aliphatic rings. The molecule has 2 rings (SSSR count). The summed E-state index contributed by atoms with van der Waals surface area (Å²) in [6.45, 7) is -0.275. The minimum atomic E-state index is -0.512. The highest BCUT2D eigenvalue weighted by atomic mass is 35.5. The standard InChI is InChI=1S/C15H12Cl2N2O4/c1-22-15(21)9-4-5-12(10(16)7-9)23-8-13(20)19-11-3-2-6-18-14(11)17/h2-7H,8H2,1H3,(H,19,20). The smallest absolute Gasteiger partial charge is 0.337 e. The number of anilines is 1. The number of methoxy groups -OCH3 is 1. The molecule has 0 saturated carbocycles. The Morgan fingerprint density at radius 2 is 2.04 bits per heavy atom. The minimum Gasteiger partial charge on any atom is -0.482 e. The quantitative estimate of drug-likeness (QED) is 0.658. The van der Waals surface area contributed by atoms with Gasteiger partial charge in [-0.25, -0.2) is 9.78 Å². The number of pyridine rings is 1. The summed E-state index contributed by atoms with van der Waals surface area (Å²) in [4.78, 5) is 27.0. The monoisotopic (exact) mass is 354 g/mol. The van der Waals surface area contributed by atoms with Gasteiger partial charge in [-0.15, -0.1) is 0 Å². The van der Waals surface area contributed by atoms with Crippen LogP contribution in [-0.4, -0.2) is 30.6 Å². The third-order valence-electron chi connectivity index (χ3n) is 2.74. The first-order valence-electron chi connectivity index (χ1n) is 6.42. The van der Waals surface area contributed by atoms with Gasteiger partial charge >= 0.3 is 5.97 Å². The Bertz CT molecular complexity index is 737. The molecule has 2 aromatic rings. The molecular weight excluding hydrogens is 343 g/mol. The number of nitrogens with zero attached hydrogens (tertiary/aromatic N) is 1. The van der Waals surface area contributed by atoms with E-state index in [0.717, 1.165) is 0 Å². The maximum atomic E-state index is 11.8. The van der Waals surface area contributed by atoms with Crippen molar-refractivity contribution in [1.82, 2.24) is 4.98 Å². The van der Waals surface area contributed by atoms with E-state index in [1.807, 2.05) is 0 Å². The molecule has 1 heterocycles. The SMILES string of the molecule is COC(=O)c1ccc(OCC(=O)Nc2cccnc2Cl)c(Cl)c1. The fraction of sp³-hybridized carbons (Fsp3) is 0.133. The summed E-state index contributed by atoms with van der Waals surface area (Å²) in [7, 11) is 1.27. The second kappa shape index (κ2) is 7.80. The molecule has 0 aliphatic carbocycles. The van der Waals surface area contributed by atoms with Crippen molar-refractivity contribution in [2.45, 2.75) is 0 Å². The lowest BCUT2D eigenvalue weighted by Gasteiger charge is -2.10. The van der Waals surface area contributed by atoms with Gasteiger partial charge < -0.3 is 14.8 Å². The van der Waals surface area contributed by atoms with Crippen LogP contribution in [0.2, 0.25) is 10.2 Å². The molecule has 0 aliphatic heterocycles. The molecule has 0 spiro atoms. The summed E-state index contributed by atoms with van der Waals surface area (Å²) < 4.78 is 9.91. The number of nitrogens with one attached hydrogen (secondary N) is 1. The molecule has 1 amide bonds. The van der Waals surface area contributed by atoms with Gasteiger partial charge in [0.2, 0.25) is 0 Å². The van der Waals surface area contributed by atoms with E-state index in [0.29, 0.717) is 5.69 Å². The molecular formula is C15H12Cl2N2O4. The van der Waals surface area contributed by atoms with Crippen molar-refractivity contribution in [3.05, 3.63) is 52.3 Å². The van der Waals surface area contributed by atoms with Crippen LogP contribution in [0.1, 0.15) is 10.4 Å². The van der Waals surface area contributed by atoms with Crippen LogP contribution in [0, 0.1) is 0 Å². The van der Waals surface area contributed by atoms with Gasteiger partial charge in [-0.3, -0.25) is 4.79 Å². The van der Waals surface area contributed by atoms with Crippen molar-refractivity contribution in [2.24, 2.45) is 0 Å². The van der Waals surface area contributed by atoms with Gasteiger partial charge in [-0.2, -0.15) is 0 Å².